The third-order valence-electron chi connectivity index (χ3n) is 2.61. The van der Waals surface area contributed by atoms with Crippen molar-refractivity contribution >= 4 is 11.8 Å². The summed E-state index contributed by atoms with van der Waals surface area (Å²) in [5.74, 6) is 0. The summed E-state index contributed by atoms with van der Waals surface area (Å²) in [6.45, 7) is 8.90. The van der Waals surface area contributed by atoms with Crippen LogP contribution in [0.15, 0.2) is 15.9 Å². The molecule has 2 unspecified atom stereocenters. The van der Waals surface area contributed by atoms with Gasteiger partial charge >= 0.3 is 0 Å². The minimum Gasteiger partial charge on any atom is -0.440 e. The molecule has 100 valence electrons. The van der Waals surface area contributed by atoms with Crippen molar-refractivity contribution in [3.8, 4) is 6.07 Å². The summed E-state index contributed by atoms with van der Waals surface area (Å²) in [5.41, 5.74) is 0.404. The third-order valence-corrected chi connectivity index (χ3v) is 3.57. The van der Waals surface area contributed by atoms with Gasteiger partial charge in [0.1, 0.15) is 11.8 Å². The van der Waals surface area contributed by atoms with Crippen LogP contribution in [0, 0.1) is 18.3 Å². The van der Waals surface area contributed by atoms with Crippen molar-refractivity contribution in [1.82, 2.24) is 10.3 Å². The van der Waals surface area contributed by atoms with E-state index in [1.54, 1.807) is 18.0 Å². The highest BCUT2D eigenvalue weighted by atomic mass is 32.2. The molecule has 1 rings (SSSR count). The van der Waals surface area contributed by atoms with Crippen molar-refractivity contribution in [3.63, 3.8) is 0 Å². The molecule has 1 N–H and O–H groups in total. The molecule has 0 saturated heterocycles. The number of hydrogen-bond donors (Lipinski definition) is 1. The van der Waals surface area contributed by atoms with E-state index in [-0.39, 0.29) is 5.25 Å². The molecule has 0 aliphatic heterocycles. The van der Waals surface area contributed by atoms with Crippen LogP contribution in [0.1, 0.15) is 39.3 Å². The van der Waals surface area contributed by atoms with E-state index < -0.39 is 5.54 Å². The second-order valence-corrected chi connectivity index (χ2v) is 6.15. The van der Waals surface area contributed by atoms with Crippen LogP contribution in [0.3, 0.4) is 0 Å². The predicted octanol–water partition coefficient (Wildman–Crippen LogP) is 3.14. The summed E-state index contributed by atoms with van der Waals surface area (Å²) in [5, 5.41) is 13.5. The zero-order chi connectivity index (χ0) is 13.6. The molecule has 0 aliphatic rings. The molecule has 0 radical (unpaired) electrons. The summed E-state index contributed by atoms with van der Waals surface area (Å²) in [7, 11) is 0. The molecular weight excluding hydrogens is 246 g/mol. The van der Waals surface area contributed by atoms with Crippen molar-refractivity contribution in [1.29, 1.82) is 5.26 Å². The lowest BCUT2D eigenvalue weighted by Gasteiger charge is -2.25. The van der Waals surface area contributed by atoms with E-state index in [9.17, 15) is 5.26 Å². The van der Waals surface area contributed by atoms with Crippen LogP contribution < -0.4 is 5.32 Å². The number of oxazole rings is 1. The van der Waals surface area contributed by atoms with Crippen LogP contribution >= 0.6 is 11.8 Å². The molecule has 5 heteroatoms. The molecule has 0 aliphatic carbocycles. The summed E-state index contributed by atoms with van der Waals surface area (Å²) >= 11 is 1.57. The van der Waals surface area contributed by atoms with Gasteiger partial charge in [-0.2, -0.15) is 5.26 Å². The molecule has 4 nitrogen and oxygen atoms in total. The monoisotopic (exact) mass is 267 g/mol. The number of hydrogen-bond acceptors (Lipinski definition) is 5. The fraction of sp³-hybridized carbons (Fsp3) is 0.692. The Morgan fingerprint density at radius 2 is 2.39 bits per heavy atom. The molecule has 18 heavy (non-hydrogen) atoms. The normalized spacial score (nSPS) is 15.9. The van der Waals surface area contributed by atoms with E-state index in [0.29, 0.717) is 5.22 Å². The molecule has 1 aromatic heterocycles. The Labute approximate surface area is 113 Å². The average Bonchev–Trinajstić information content (AvgIpc) is 2.72. The lowest BCUT2D eigenvalue weighted by Crippen LogP contribution is -2.43. The van der Waals surface area contributed by atoms with Gasteiger partial charge in [-0.05, 0) is 33.2 Å². The van der Waals surface area contributed by atoms with Crippen LogP contribution in [0.25, 0.3) is 0 Å². The predicted molar refractivity (Wildman–Crippen MR) is 73.5 cm³/mol. The number of rotatable bonds is 7. The fourth-order valence-corrected chi connectivity index (χ4v) is 2.79. The van der Waals surface area contributed by atoms with Crippen LogP contribution in [0.4, 0.5) is 0 Å². The first-order valence-corrected chi connectivity index (χ1v) is 7.12. The van der Waals surface area contributed by atoms with E-state index in [2.05, 4.69) is 30.2 Å². The maximum absolute atomic E-state index is 9.27. The number of nitriles is 1. The second-order valence-electron chi connectivity index (χ2n) is 4.76. The van der Waals surface area contributed by atoms with Crippen molar-refractivity contribution in [3.05, 3.63) is 12.0 Å². The van der Waals surface area contributed by atoms with Crippen LogP contribution in [-0.4, -0.2) is 22.3 Å². The molecule has 0 fully saturated rings. The Kier molecular flexibility index (Phi) is 5.70. The standard InChI is InChI=1S/C13H21N3OS/c1-5-6-15-13(4,9-14)7-11(3)18-12-16-10(2)8-17-12/h8,11,15H,5-7H2,1-4H3. The number of aryl methyl sites for hydroxylation is 1. The SMILES string of the molecule is CCCNC(C)(C#N)CC(C)Sc1nc(C)co1. The van der Waals surface area contributed by atoms with E-state index in [4.69, 9.17) is 4.42 Å². The molecular formula is C13H21N3OS. The van der Waals surface area contributed by atoms with Gasteiger partial charge < -0.3 is 4.42 Å². The zero-order valence-electron chi connectivity index (χ0n) is 11.5. The molecule has 1 aromatic rings. The van der Waals surface area contributed by atoms with Gasteiger partial charge in [0.2, 0.25) is 0 Å². The van der Waals surface area contributed by atoms with Crippen LogP contribution in [0.5, 0.6) is 0 Å². The summed E-state index contributed by atoms with van der Waals surface area (Å²) in [4.78, 5) is 4.26. The second kappa shape index (κ2) is 6.81. The Hall–Kier alpha value is -0.990. The first-order valence-electron chi connectivity index (χ1n) is 6.24. The van der Waals surface area contributed by atoms with Gasteiger partial charge in [-0.3, -0.25) is 5.32 Å². The molecule has 0 aromatic carbocycles. The minimum absolute atomic E-state index is 0.275. The van der Waals surface area contributed by atoms with Crippen LogP contribution in [0.2, 0.25) is 0 Å². The van der Waals surface area contributed by atoms with Crippen molar-refractivity contribution in [2.45, 2.75) is 56.5 Å². The summed E-state index contributed by atoms with van der Waals surface area (Å²) < 4.78 is 5.31. The molecule has 0 amide bonds. The number of nitrogens with one attached hydrogen (secondary N) is 1. The van der Waals surface area contributed by atoms with E-state index in [1.807, 2.05) is 13.8 Å². The molecule has 0 spiro atoms. The number of nitrogens with zero attached hydrogens (tertiary/aromatic N) is 2. The first-order chi connectivity index (χ1) is 8.49. The Bertz CT molecular complexity index is 413. The van der Waals surface area contributed by atoms with Crippen molar-refractivity contribution < 1.29 is 4.42 Å². The van der Waals surface area contributed by atoms with Gasteiger partial charge in [0.25, 0.3) is 5.22 Å². The highest BCUT2D eigenvalue weighted by molar-refractivity contribution is 7.99. The molecule has 1 heterocycles. The maximum atomic E-state index is 9.27. The molecule has 2 atom stereocenters. The van der Waals surface area contributed by atoms with Gasteiger partial charge in [0.15, 0.2) is 0 Å². The Morgan fingerprint density at radius 1 is 1.67 bits per heavy atom. The van der Waals surface area contributed by atoms with E-state index in [1.165, 1.54) is 0 Å². The summed E-state index contributed by atoms with van der Waals surface area (Å²) in [6.07, 6.45) is 3.43. The highest BCUT2D eigenvalue weighted by Crippen LogP contribution is 2.27. The summed E-state index contributed by atoms with van der Waals surface area (Å²) in [6, 6.07) is 2.36. The fourth-order valence-electron chi connectivity index (χ4n) is 1.73. The Balaban J connectivity index is 2.52. The topological polar surface area (TPSA) is 61.9 Å². The van der Waals surface area contributed by atoms with E-state index in [0.717, 1.165) is 25.1 Å². The van der Waals surface area contributed by atoms with Crippen molar-refractivity contribution in [2.75, 3.05) is 6.54 Å². The number of aromatic nitrogens is 1. The molecule has 0 saturated carbocycles. The first kappa shape index (κ1) is 15.1. The quantitative estimate of drug-likeness (QED) is 0.769. The zero-order valence-corrected chi connectivity index (χ0v) is 12.3. The number of thioether (sulfide) groups is 1. The van der Waals surface area contributed by atoms with Gasteiger partial charge in [-0.15, -0.1) is 0 Å². The molecule has 0 bridgehead atoms. The average molecular weight is 267 g/mol. The lowest BCUT2D eigenvalue weighted by molar-refractivity contribution is 0.415. The Morgan fingerprint density at radius 3 is 2.89 bits per heavy atom. The largest absolute Gasteiger partial charge is 0.440 e. The van der Waals surface area contributed by atoms with Gasteiger partial charge in [0.05, 0.1) is 11.8 Å². The van der Waals surface area contributed by atoms with Gasteiger partial charge in [-0.25, -0.2) is 4.98 Å². The smallest absolute Gasteiger partial charge is 0.256 e. The van der Waals surface area contributed by atoms with Gasteiger partial charge in [-0.1, -0.05) is 25.6 Å². The minimum atomic E-state index is -0.482. The van der Waals surface area contributed by atoms with E-state index >= 15 is 0 Å². The lowest BCUT2D eigenvalue weighted by atomic mass is 9.98. The van der Waals surface area contributed by atoms with Gasteiger partial charge in [0, 0.05) is 5.25 Å². The van der Waals surface area contributed by atoms with Crippen LogP contribution in [-0.2, 0) is 0 Å². The highest BCUT2D eigenvalue weighted by Gasteiger charge is 2.26. The van der Waals surface area contributed by atoms with Crippen molar-refractivity contribution in [2.24, 2.45) is 0 Å². The third kappa shape index (κ3) is 4.71. The maximum Gasteiger partial charge on any atom is 0.256 e.